The van der Waals surface area contributed by atoms with E-state index in [2.05, 4.69) is 0 Å². The van der Waals surface area contributed by atoms with Crippen molar-refractivity contribution in [3.8, 4) is 5.75 Å². The van der Waals surface area contributed by atoms with Gasteiger partial charge in [0.15, 0.2) is 0 Å². The van der Waals surface area contributed by atoms with Crippen LogP contribution in [-0.2, 0) is 0 Å². The predicted molar refractivity (Wildman–Crippen MR) is 56.2 cm³/mol. The molecule has 0 saturated heterocycles. The van der Waals surface area contributed by atoms with Crippen LogP contribution in [0.2, 0.25) is 0 Å². The molecule has 0 saturated carbocycles. The lowest BCUT2D eigenvalue weighted by atomic mass is 10.0. The lowest BCUT2D eigenvalue weighted by Crippen LogP contribution is -2.23. The quantitative estimate of drug-likeness (QED) is 0.764. The van der Waals surface area contributed by atoms with Crippen molar-refractivity contribution in [3.05, 3.63) is 29.8 Å². The molecule has 0 unspecified atom stereocenters. The summed E-state index contributed by atoms with van der Waals surface area (Å²) in [7, 11) is 0. The Labute approximate surface area is 84.5 Å². The van der Waals surface area contributed by atoms with Gasteiger partial charge < -0.3 is 15.6 Å². The Kier molecular flexibility index (Phi) is 3.92. The fourth-order valence-corrected chi connectivity index (χ4v) is 1.30. The molecular formula is C11H17NO2. The normalized spacial score (nSPS) is 14.9. The van der Waals surface area contributed by atoms with Gasteiger partial charge in [0, 0.05) is 5.56 Å². The summed E-state index contributed by atoms with van der Waals surface area (Å²) in [6, 6.07) is 7.13. The number of aliphatic hydroxyl groups excluding tert-OH is 1. The van der Waals surface area contributed by atoms with Crippen LogP contribution in [0.25, 0.3) is 0 Å². The van der Waals surface area contributed by atoms with Crippen LogP contribution in [-0.4, -0.2) is 17.8 Å². The van der Waals surface area contributed by atoms with Gasteiger partial charge in [0.2, 0.25) is 0 Å². The first-order valence-electron chi connectivity index (χ1n) is 4.82. The second-order valence-corrected chi connectivity index (χ2v) is 3.24. The molecule has 3 nitrogen and oxygen atoms in total. The molecule has 0 amide bonds. The molecule has 1 aromatic rings. The first-order chi connectivity index (χ1) is 6.66. The highest BCUT2D eigenvalue weighted by Crippen LogP contribution is 2.25. The fourth-order valence-electron chi connectivity index (χ4n) is 1.30. The molecule has 0 fully saturated rings. The molecule has 0 aliphatic carbocycles. The monoisotopic (exact) mass is 195 g/mol. The summed E-state index contributed by atoms with van der Waals surface area (Å²) in [5.74, 6) is 0.753. The maximum atomic E-state index is 9.39. The number of aliphatic hydroxyl groups is 1. The van der Waals surface area contributed by atoms with Gasteiger partial charge in [0.05, 0.1) is 18.8 Å². The van der Waals surface area contributed by atoms with Crippen molar-refractivity contribution < 1.29 is 9.84 Å². The number of hydrogen-bond donors (Lipinski definition) is 2. The SMILES string of the molecule is CCOc1ccccc1[C@@H](N)[C@H](C)O. The van der Waals surface area contributed by atoms with Gasteiger partial charge in [-0.15, -0.1) is 0 Å². The largest absolute Gasteiger partial charge is 0.494 e. The van der Waals surface area contributed by atoms with E-state index in [0.29, 0.717) is 6.61 Å². The van der Waals surface area contributed by atoms with Crippen LogP contribution in [0.3, 0.4) is 0 Å². The van der Waals surface area contributed by atoms with Gasteiger partial charge in [-0.1, -0.05) is 18.2 Å². The van der Waals surface area contributed by atoms with E-state index in [1.54, 1.807) is 6.92 Å². The Balaban J connectivity index is 2.94. The fraction of sp³-hybridized carbons (Fsp3) is 0.455. The Morgan fingerprint density at radius 3 is 2.64 bits per heavy atom. The number of hydrogen-bond acceptors (Lipinski definition) is 3. The third-order valence-corrected chi connectivity index (χ3v) is 2.10. The molecular weight excluding hydrogens is 178 g/mol. The minimum absolute atomic E-state index is 0.391. The van der Waals surface area contributed by atoms with Crippen LogP contribution in [0, 0.1) is 0 Å². The van der Waals surface area contributed by atoms with E-state index in [-0.39, 0.29) is 0 Å². The van der Waals surface area contributed by atoms with Gasteiger partial charge in [-0.25, -0.2) is 0 Å². The van der Waals surface area contributed by atoms with Gasteiger partial charge >= 0.3 is 0 Å². The minimum atomic E-state index is -0.573. The lowest BCUT2D eigenvalue weighted by molar-refractivity contribution is 0.162. The van der Waals surface area contributed by atoms with Crippen LogP contribution in [0.4, 0.5) is 0 Å². The van der Waals surface area contributed by atoms with E-state index in [0.717, 1.165) is 11.3 Å². The van der Waals surface area contributed by atoms with Gasteiger partial charge in [-0.2, -0.15) is 0 Å². The number of nitrogens with two attached hydrogens (primary N) is 1. The van der Waals surface area contributed by atoms with Crippen molar-refractivity contribution in [1.82, 2.24) is 0 Å². The van der Waals surface area contributed by atoms with Crippen molar-refractivity contribution in [2.75, 3.05) is 6.61 Å². The van der Waals surface area contributed by atoms with Crippen LogP contribution in [0.1, 0.15) is 25.5 Å². The van der Waals surface area contributed by atoms with Crippen molar-refractivity contribution in [2.45, 2.75) is 26.0 Å². The van der Waals surface area contributed by atoms with E-state index < -0.39 is 12.1 Å². The van der Waals surface area contributed by atoms with E-state index >= 15 is 0 Å². The average Bonchev–Trinajstić information content (AvgIpc) is 2.18. The Hall–Kier alpha value is -1.06. The molecule has 3 N–H and O–H groups in total. The molecule has 14 heavy (non-hydrogen) atoms. The van der Waals surface area contributed by atoms with Crippen LogP contribution >= 0.6 is 0 Å². The molecule has 2 atom stereocenters. The molecule has 0 spiro atoms. The molecule has 3 heteroatoms. The number of rotatable bonds is 4. The van der Waals surface area contributed by atoms with E-state index in [4.69, 9.17) is 10.5 Å². The molecule has 0 radical (unpaired) electrons. The molecule has 78 valence electrons. The van der Waals surface area contributed by atoms with Gasteiger partial charge in [0.25, 0.3) is 0 Å². The van der Waals surface area contributed by atoms with Crippen LogP contribution < -0.4 is 10.5 Å². The molecule has 0 aliphatic heterocycles. The summed E-state index contributed by atoms with van der Waals surface area (Å²) in [5.41, 5.74) is 6.69. The van der Waals surface area contributed by atoms with Gasteiger partial charge in [0.1, 0.15) is 5.75 Å². The molecule has 1 aromatic carbocycles. The maximum Gasteiger partial charge on any atom is 0.124 e. The topological polar surface area (TPSA) is 55.5 Å². The highest BCUT2D eigenvalue weighted by atomic mass is 16.5. The van der Waals surface area contributed by atoms with E-state index in [1.807, 2.05) is 31.2 Å². The van der Waals surface area contributed by atoms with Crippen molar-refractivity contribution in [2.24, 2.45) is 5.73 Å². The zero-order chi connectivity index (χ0) is 10.6. The maximum absolute atomic E-state index is 9.39. The second kappa shape index (κ2) is 4.98. The summed E-state index contributed by atoms with van der Waals surface area (Å²) in [5, 5.41) is 9.39. The highest BCUT2D eigenvalue weighted by Gasteiger charge is 2.15. The number of para-hydroxylation sites is 1. The Bertz CT molecular complexity index is 286. The second-order valence-electron chi connectivity index (χ2n) is 3.24. The van der Waals surface area contributed by atoms with Crippen LogP contribution in [0.5, 0.6) is 5.75 Å². The first kappa shape index (κ1) is 11.0. The zero-order valence-electron chi connectivity index (χ0n) is 8.60. The molecule has 0 aliphatic rings. The standard InChI is InChI=1S/C11H17NO2/c1-3-14-10-7-5-4-6-9(10)11(12)8(2)13/h4-8,11,13H,3,12H2,1-2H3/t8-,11-/m0/s1. The highest BCUT2D eigenvalue weighted by molar-refractivity contribution is 5.36. The van der Waals surface area contributed by atoms with Crippen molar-refractivity contribution in [3.63, 3.8) is 0 Å². The van der Waals surface area contributed by atoms with E-state index in [1.165, 1.54) is 0 Å². The predicted octanol–water partition coefficient (Wildman–Crippen LogP) is 1.47. The lowest BCUT2D eigenvalue weighted by Gasteiger charge is -2.18. The number of benzene rings is 1. The summed E-state index contributed by atoms with van der Waals surface area (Å²) in [6.07, 6.45) is -0.573. The summed E-state index contributed by atoms with van der Waals surface area (Å²) >= 11 is 0. The third kappa shape index (κ3) is 2.47. The molecule has 0 bridgehead atoms. The Morgan fingerprint density at radius 2 is 2.07 bits per heavy atom. The smallest absolute Gasteiger partial charge is 0.124 e. The minimum Gasteiger partial charge on any atom is -0.494 e. The molecule has 0 heterocycles. The van der Waals surface area contributed by atoms with Crippen molar-refractivity contribution >= 4 is 0 Å². The summed E-state index contributed by atoms with van der Waals surface area (Å²) < 4.78 is 5.42. The van der Waals surface area contributed by atoms with Crippen molar-refractivity contribution in [1.29, 1.82) is 0 Å². The van der Waals surface area contributed by atoms with E-state index in [9.17, 15) is 5.11 Å². The Morgan fingerprint density at radius 1 is 1.43 bits per heavy atom. The number of ether oxygens (including phenoxy) is 1. The summed E-state index contributed by atoms with van der Waals surface area (Å²) in [6.45, 7) is 4.20. The molecule has 1 rings (SSSR count). The van der Waals surface area contributed by atoms with Crippen LogP contribution in [0.15, 0.2) is 24.3 Å². The third-order valence-electron chi connectivity index (χ3n) is 2.10. The first-order valence-corrected chi connectivity index (χ1v) is 4.82. The molecule has 0 aromatic heterocycles. The van der Waals surface area contributed by atoms with Gasteiger partial charge in [-0.3, -0.25) is 0 Å². The summed E-state index contributed by atoms with van der Waals surface area (Å²) in [4.78, 5) is 0. The average molecular weight is 195 g/mol. The zero-order valence-corrected chi connectivity index (χ0v) is 8.60. The van der Waals surface area contributed by atoms with Gasteiger partial charge in [-0.05, 0) is 19.9 Å².